The molecule has 2 atom stereocenters. The van der Waals surface area contributed by atoms with Crippen molar-refractivity contribution < 1.29 is 9.05 Å². The van der Waals surface area contributed by atoms with E-state index in [1.165, 1.54) is 0 Å². The molecular formula is C12H30N3O2P3. The number of unbranched alkanes of at least 4 members (excludes halogenated alkanes) is 2. The lowest BCUT2D eigenvalue weighted by Gasteiger charge is -2.29. The smallest absolute Gasteiger partial charge is 0.201 e. The predicted octanol–water partition coefficient (Wildman–Crippen LogP) is 6.33. The summed E-state index contributed by atoms with van der Waals surface area (Å²) in [4.78, 5) is 0. The maximum absolute atomic E-state index is 6.04. The third-order valence-electron chi connectivity index (χ3n) is 2.77. The molecule has 0 amide bonds. The summed E-state index contributed by atoms with van der Waals surface area (Å²) in [6.07, 6.45) is 4.37. The van der Waals surface area contributed by atoms with E-state index in [4.69, 9.17) is 22.6 Å². The van der Waals surface area contributed by atoms with Crippen LogP contribution in [0.2, 0.25) is 0 Å². The minimum absolute atomic E-state index is 0.739. The van der Waals surface area contributed by atoms with Crippen LogP contribution in [0, 0.1) is 0 Å². The minimum atomic E-state index is -2.05. The molecule has 2 unspecified atom stereocenters. The predicted molar refractivity (Wildman–Crippen MR) is 93.5 cm³/mol. The Hall–Kier alpha value is 0.610. The fourth-order valence-corrected chi connectivity index (χ4v) is 14.2. The monoisotopic (exact) mass is 341 g/mol. The second kappa shape index (κ2) is 7.75. The Labute approximate surface area is 124 Å². The summed E-state index contributed by atoms with van der Waals surface area (Å²) in [5.74, 6) is 0. The van der Waals surface area contributed by atoms with Crippen LogP contribution in [0.1, 0.15) is 39.5 Å². The standard InChI is InChI=1S/C12H30N3O2P3/c1-7-9-11-16-19(5)13-18(3,4)14-20(6,15-19)17-12-10-8-2/h7-12H2,1-6H3. The van der Waals surface area contributed by atoms with Crippen molar-refractivity contribution in [3.63, 3.8) is 0 Å². The Morgan fingerprint density at radius 2 is 1.15 bits per heavy atom. The lowest BCUT2D eigenvalue weighted by atomic mass is 10.4. The van der Waals surface area contributed by atoms with Gasteiger partial charge in [0.25, 0.3) is 0 Å². The van der Waals surface area contributed by atoms with Gasteiger partial charge in [-0.05, 0) is 26.2 Å². The molecule has 0 aromatic heterocycles. The van der Waals surface area contributed by atoms with Crippen LogP contribution in [0.5, 0.6) is 0 Å². The molecule has 120 valence electrons. The van der Waals surface area contributed by atoms with Crippen LogP contribution in [-0.4, -0.2) is 39.9 Å². The molecule has 0 aromatic carbocycles. The molecule has 0 fully saturated rings. The molecule has 0 spiro atoms. The Bertz CT molecular complexity index is 467. The largest absolute Gasteiger partial charge is 0.327 e. The van der Waals surface area contributed by atoms with E-state index in [0.717, 1.165) is 38.9 Å². The highest BCUT2D eigenvalue weighted by molar-refractivity contribution is 7.83. The topological polar surface area (TPSA) is 55.5 Å². The van der Waals surface area contributed by atoms with Gasteiger partial charge in [0, 0.05) is 13.3 Å². The highest BCUT2D eigenvalue weighted by Gasteiger charge is 2.28. The lowest BCUT2D eigenvalue weighted by Crippen LogP contribution is -1.96. The van der Waals surface area contributed by atoms with Crippen molar-refractivity contribution in [1.82, 2.24) is 0 Å². The summed E-state index contributed by atoms with van der Waals surface area (Å²) in [5, 5.41) is 0. The van der Waals surface area contributed by atoms with Gasteiger partial charge in [-0.15, -0.1) is 0 Å². The quantitative estimate of drug-likeness (QED) is 0.382. The molecule has 1 heterocycles. The van der Waals surface area contributed by atoms with Gasteiger partial charge in [0.15, 0.2) is 0 Å². The molecule has 5 nitrogen and oxygen atoms in total. The molecule has 0 saturated carbocycles. The third-order valence-corrected chi connectivity index (χ3v) is 12.9. The van der Waals surface area contributed by atoms with Gasteiger partial charge in [0.05, 0.1) is 20.4 Å². The van der Waals surface area contributed by atoms with E-state index in [0.29, 0.717) is 0 Å². The Balaban J connectivity index is 2.98. The average Bonchev–Trinajstić information content (AvgIpc) is 2.25. The van der Waals surface area contributed by atoms with Crippen molar-refractivity contribution in [2.24, 2.45) is 13.5 Å². The molecule has 1 aliphatic rings. The first-order valence-electron chi connectivity index (χ1n) is 7.35. The second-order valence-electron chi connectivity index (χ2n) is 5.65. The van der Waals surface area contributed by atoms with Gasteiger partial charge in [0.2, 0.25) is 14.9 Å². The van der Waals surface area contributed by atoms with Gasteiger partial charge in [-0.1, -0.05) is 26.7 Å². The van der Waals surface area contributed by atoms with Crippen LogP contribution in [0.3, 0.4) is 0 Å². The van der Waals surface area contributed by atoms with Crippen molar-refractivity contribution in [1.29, 1.82) is 0 Å². The minimum Gasteiger partial charge on any atom is -0.327 e. The highest BCUT2D eigenvalue weighted by atomic mass is 31.3. The molecule has 20 heavy (non-hydrogen) atoms. The van der Waals surface area contributed by atoms with Crippen LogP contribution < -0.4 is 0 Å². The van der Waals surface area contributed by atoms with E-state index in [-0.39, 0.29) is 0 Å². The lowest BCUT2D eigenvalue weighted by molar-refractivity contribution is 0.332. The zero-order valence-electron chi connectivity index (χ0n) is 13.7. The van der Waals surface area contributed by atoms with Crippen LogP contribution in [-0.2, 0) is 9.05 Å². The Morgan fingerprint density at radius 1 is 0.700 bits per heavy atom. The van der Waals surface area contributed by atoms with Crippen LogP contribution in [0.25, 0.3) is 0 Å². The molecule has 1 aliphatic heterocycles. The number of rotatable bonds is 8. The molecule has 1 rings (SSSR count). The van der Waals surface area contributed by atoms with Gasteiger partial charge in [-0.3, -0.25) is 0 Å². The summed E-state index contributed by atoms with van der Waals surface area (Å²) in [6.45, 7) is 14.2. The Morgan fingerprint density at radius 3 is 1.60 bits per heavy atom. The van der Waals surface area contributed by atoms with Crippen molar-refractivity contribution in [3.05, 3.63) is 0 Å². The van der Waals surface area contributed by atoms with Gasteiger partial charge >= 0.3 is 0 Å². The summed E-state index contributed by atoms with van der Waals surface area (Å²) < 4.78 is 26.7. The number of hydrogen-bond acceptors (Lipinski definition) is 5. The molecular weight excluding hydrogens is 311 g/mol. The van der Waals surface area contributed by atoms with Crippen LogP contribution in [0.4, 0.5) is 0 Å². The fourth-order valence-electron chi connectivity index (χ4n) is 2.04. The van der Waals surface area contributed by atoms with Crippen LogP contribution >= 0.6 is 22.1 Å². The summed E-state index contributed by atoms with van der Waals surface area (Å²) in [7, 11) is -5.78. The van der Waals surface area contributed by atoms with Crippen molar-refractivity contribution in [2.75, 3.05) is 39.9 Å². The normalized spacial score (nSPS) is 32.1. The van der Waals surface area contributed by atoms with Crippen molar-refractivity contribution in [2.45, 2.75) is 39.5 Å². The van der Waals surface area contributed by atoms with Crippen molar-refractivity contribution in [3.8, 4) is 0 Å². The number of hydrogen-bond donors (Lipinski definition) is 0. The fraction of sp³-hybridized carbons (Fsp3) is 1.00. The first kappa shape index (κ1) is 18.7. The van der Waals surface area contributed by atoms with Gasteiger partial charge in [0.1, 0.15) is 0 Å². The Kier molecular flexibility index (Phi) is 7.23. The average molecular weight is 341 g/mol. The summed E-state index contributed by atoms with van der Waals surface area (Å²) in [5.41, 5.74) is 0. The van der Waals surface area contributed by atoms with E-state index in [1.54, 1.807) is 0 Å². The zero-order valence-corrected chi connectivity index (χ0v) is 16.4. The molecule has 0 bridgehead atoms. The molecule has 0 saturated heterocycles. The van der Waals surface area contributed by atoms with Gasteiger partial charge in [-0.2, -0.15) is 4.52 Å². The molecule has 0 N–H and O–H groups in total. The van der Waals surface area contributed by atoms with E-state index in [9.17, 15) is 0 Å². The maximum Gasteiger partial charge on any atom is 0.201 e. The first-order valence-corrected chi connectivity index (χ1v) is 14.1. The van der Waals surface area contributed by atoms with Gasteiger partial charge in [-0.25, -0.2) is 9.03 Å². The third kappa shape index (κ3) is 6.16. The van der Waals surface area contributed by atoms with Crippen molar-refractivity contribution >= 4 is 22.1 Å². The second-order valence-corrected chi connectivity index (χ2v) is 14.3. The molecule has 0 aliphatic carbocycles. The number of nitrogens with zero attached hydrogens (tertiary/aromatic N) is 3. The SMILES string of the molecule is CCCCOP1(C)=NP(C)(C)=NP(C)(OCCCC)=N1. The summed E-state index contributed by atoms with van der Waals surface area (Å²) in [6, 6.07) is 0. The zero-order chi connectivity index (χ0) is 15.3. The summed E-state index contributed by atoms with van der Waals surface area (Å²) >= 11 is 0. The van der Waals surface area contributed by atoms with E-state index in [1.807, 2.05) is 0 Å². The molecule has 8 heteroatoms. The van der Waals surface area contributed by atoms with Crippen LogP contribution in [0.15, 0.2) is 13.5 Å². The first-order chi connectivity index (χ1) is 9.24. The highest BCUT2D eigenvalue weighted by Crippen LogP contribution is 2.74. The molecule has 0 aromatic rings. The molecule has 0 radical (unpaired) electrons. The van der Waals surface area contributed by atoms with E-state index in [2.05, 4.69) is 40.5 Å². The van der Waals surface area contributed by atoms with E-state index < -0.39 is 22.1 Å². The maximum atomic E-state index is 6.04. The van der Waals surface area contributed by atoms with E-state index >= 15 is 0 Å². The van der Waals surface area contributed by atoms with Gasteiger partial charge < -0.3 is 9.05 Å².